The summed E-state index contributed by atoms with van der Waals surface area (Å²) in [6.45, 7) is 0.602. The molecule has 254 valence electrons. The maximum absolute atomic E-state index is 12.8. The first-order valence-corrected chi connectivity index (χ1v) is 17.2. The van der Waals surface area contributed by atoms with E-state index in [4.69, 9.17) is 34.8 Å². The maximum Gasteiger partial charge on any atom is 0.377 e. The van der Waals surface area contributed by atoms with Crippen molar-refractivity contribution in [2.45, 2.75) is 58.5 Å². The quantitative estimate of drug-likeness (QED) is 0.256. The number of sulfonamides is 1. The van der Waals surface area contributed by atoms with Gasteiger partial charge in [-0.3, -0.25) is 4.72 Å². The van der Waals surface area contributed by atoms with Crippen molar-refractivity contribution >= 4 is 56.5 Å². The van der Waals surface area contributed by atoms with Crippen molar-refractivity contribution in [3.8, 4) is 11.4 Å². The summed E-state index contributed by atoms with van der Waals surface area (Å²) < 4.78 is 53.1. The average Bonchev–Trinajstić information content (AvgIpc) is 3.53. The summed E-state index contributed by atoms with van der Waals surface area (Å²) in [5, 5.41) is 11.6. The van der Waals surface area contributed by atoms with Gasteiger partial charge in [0.05, 0.1) is 38.4 Å². The van der Waals surface area contributed by atoms with E-state index in [-0.39, 0.29) is 37.9 Å². The van der Waals surface area contributed by atoms with Gasteiger partial charge in [-0.1, -0.05) is 66.2 Å². The van der Waals surface area contributed by atoms with Crippen molar-refractivity contribution in [1.82, 2.24) is 39.0 Å². The van der Waals surface area contributed by atoms with Crippen LogP contribution < -0.4 is 16.1 Å². The topological polar surface area (TPSA) is 159 Å². The lowest BCUT2D eigenvalue weighted by atomic mass is 9.94. The van der Waals surface area contributed by atoms with Crippen LogP contribution in [0.4, 0.5) is 19.3 Å². The van der Waals surface area contributed by atoms with Crippen LogP contribution in [0.25, 0.3) is 11.4 Å². The number of anilines is 1. The summed E-state index contributed by atoms with van der Waals surface area (Å²) in [6, 6.07) is 8.87. The Balaban J connectivity index is 0.000000213. The fraction of sp³-hybridized carbons (Fsp3) is 0.407. The van der Waals surface area contributed by atoms with Crippen molar-refractivity contribution in [2.24, 2.45) is 0 Å². The zero-order valence-corrected chi connectivity index (χ0v) is 28.4. The van der Waals surface area contributed by atoms with Crippen molar-refractivity contribution in [2.75, 3.05) is 17.5 Å². The van der Waals surface area contributed by atoms with E-state index in [0.29, 0.717) is 21.9 Å². The lowest BCUT2D eigenvalue weighted by Gasteiger charge is -2.32. The second-order valence-electron chi connectivity index (χ2n) is 10.4. The molecule has 1 aliphatic rings. The molecule has 2 aromatic carbocycles. The molecule has 0 aliphatic heterocycles. The molecule has 2 aromatic heterocycles. The van der Waals surface area contributed by atoms with Crippen LogP contribution in [0, 0.1) is 6.92 Å². The van der Waals surface area contributed by atoms with Gasteiger partial charge in [0.25, 0.3) is 0 Å². The summed E-state index contributed by atoms with van der Waals surface area (Å²) >= 11 is 17.9. The molecule has 4 aromatic rings. The van der Waals surface area contributed by atoms with E-state index in [1.165, 1.54) is 19.4 Å². The normalized spacial score (nSPS) is 13.7. The van der Waals surface area contributed by atoms with Gasteiger partial charge in [0.1, 0.15) is 5.82 Å². The van der Waals surface area contributed by atoms with Gasteiger partial charge >= 0.3 is 24.0 Å². The number of benzene rings is 2. The fourth-order valence-electron chi connectivity index (χ4n) is 5.04. The van der Waals surface area contributed by atoms with Gasteiger partial charge in [0.15, 0.2) is 0 Å². The number of hydrogen-bond donors (Lipinski definition) is 1. The smallest absolute Gasteiger partial charge is 0.320 e. The van der Waals surface area contributed by atoms with E-state index in [2.05, 4.69) is 20.2 Å². The van der Waals surface area contributed by atoms with Crippen LogP contribution in [-0.4, -0.2) is 72.3 Å². The fourth-order valence-corrected chi connectivity index (χ4v) is 6.39. The van der Waals surface area contributed by atoms with E-state index in [1.807, 2.05) is 6.92 Å². The van der Waals surface area contributed by atoms with E-state index in [9.17, 15) is 31.6 Å². The predicted octanol–water partition coefficient (Wildman–Crippen LogP) is 5.12. The zero-order valence-electron chi connectivity index (χ0n) is 25.3. The summed E-state index contributed by atoms with van der Waals surface area (Å²) in [4.78, 5) is 39.1. The van der Waals surface area contributed by atoms with Gasteiger partial charge in [-0.2, -0.15) is 18.1 Å². The minimum atomic E-state index is -3.65. The number of rotatable bonds is 7. The standard InChI is InChI=1S/C16H20ClN5O2.C11H10Cl2F2N4O3S/c1-2-20(12-8-4-3-5-9-12)15(23)22-16(24)21(18-19-22)14-11-7-6-10-13(14)17;1-5-16-19(11(20)18(5)10(14)15)9-4-8(17-23(2,21)22)6(12)3-7(9)13/h6-7,10-12H,2-5,8-9H2,1H3;3-4,10,17H,1-2H3. The second-order valence-corrected chi connectivity index (χ2v) is 13.4. The number of hydrogen-bond acceptors (Lipinski definition) is 8. The third-order valence-electron chi connectivity index (χ3n) is 7.18. The van der Waals surface area contributed by atoms with Crippen molar-refractivity contribution < 1.29 is 22.0 Å². The molecule has 1 amide bonds. The molecule has 0 unspecified atom stereocenters. The summed E-state index contributed by atoms with van der Waals surface area (Å²) in [5.74, 6) is -0.228. The van der Waals surface area contributed by atoms with Gasteiger partial charge in [-0.25, -0.2) is 27.4 Å². The Morgan fingerprint density at radius 2 is 1.64 bits per heavy atom. The molecule has 1 aliphatic carbocycles. The first-order chi connectivity index (χ1) is 22.1. The molecule has 14 nitrogen and oxygen atoms in total. The van der Waals surface area contributed by atoms with Gasteiger partial charge < -0.3 is 4.90 Å². The number of tetrazole rings is 1. The molecule has 1 N–H and O–H groups in total. The number of amides is 1. The minimum Gasteiger partial charge on any atom is -0.320 e. The summed E-state index contributed by atoms with van der Waals surface area (Å²) in [5.41, 5.74) is -1.47. The van der Waals surface area contributed by atoms with Crippen LogP contribution in [-0.2, 0) is 10.0 Å². The molecule has 0 saturated heterocycles. The summed E-state index contributed by atoms with van der Waals surface area (Å²) in [7, 11) is -3.65. The monoisotopic (exact) mass is 735 g/mol. The molecular formula is C27H30Cl3F2N9O5S. The Hall–Kier alpha value is -3.80. The first kappa shape index (κ1) is 36.0. The van der Waals surface area contributed by atoms with Gasteiger partial charge in [0, 0.05) is 12.6 Å². The van der Waals surface area contributed by atoms with E-state index in [1.54, 1.807) is 29.2 Å². The number of para-hydroxylation sites is 1. The Morgan fingerprint density at radius 3 is 2.21 bits per heavy atom. The van der Waals surface area contributed by atoms with E-state index < -0.39 is 34.0 Å². The molecule has 0 radical (unpaired) electrons. The molecule has 0 atom stereocenters. The van der Waals surface area contributed by atoms with Crippen molar-refractivity contribution in [1.29, 1.82) is 0 Å². The molecule has 1 fully saturated rings. The molecular weight excluding hydrogens is 707 g/mol. The predicted molar refractivity (Wildman–Crippen MR) is 173 cm³/mol. The molecule has 47 heavy (non-hydrogen) atoms. The Morgan fingerprint density at radius 1 is 0.979 bits per heavy atom. The highest BCUT2D eigenvalue weighted by Gasteiger charge is 2.28. The Bertz CT molecular complexity index is 1990. The first-order valence-electron chi connectivity index (χ1n) is 14.2. The number of carbonyl (C=O) groups is 1. The molecule has 1 saturated carbocycles. The number of alkyl halides is 2. The Labute approximate surface area is 282 Å². The van der Waals surface area contributed by atoms with Crippen molar-refractivity contribution in [3.63, 3.8) is 0 Å². The molecule has 0 bridgehead atoms. The van der Waals surface area contributed by atoms with Crippen LogP contribution in [0.1, 0.15) is 51.4 Å². The number of nitrogens with one attached hydrogen (secondary N) is 1. The van der Waals surface area contributed by atoms with Crippen molar-refractivity contribution in [3.05, 3.63) is 78.3 Å². The van der Waals surface area contributed by atoms with Crippen LogP contribution in [0.3, 0.4) is 0 Å². The molecule has 2 heterocycles. The third-order valence-corrected chi connectivity index (χ3v) is 8.71. The van der Waals surface area contributed by atoms with Crippen LogP contribution in [0.5, 0.6) is 0 Å². The number of aryl methyl sites for hydroxylation is 1. The number of halogens is 5. The van der Waals surface area contributed by atoms with Crippen LogP contribution in [0.2, 0.25) is 15.1 Å². The highest BCUT2D eigenvalue weighted by molar-refractivity contribution is 7.92. The van der Waals surface area contributed by atoms with E-state index in [0.717, 1.165) is 47.4 Å². The highest BCUT2D eigenvalue weighted by atomic mass is 35.5. The van der Waals surface area contributed by atoms with Crippen LogP contribution in [0.15, 0.2) is 46.0 Å². The highest BCUT2D eigenvalue weighted by Crippen LogP contribution is 2.31. The number of carbonyl (C=O) groups excluding carboxylic acids is 1. The number of nitrogens with zero attached hydrogens (tertiary/aromatic N) is 8. The maximum atomic E-state index is 12.8. The van der Waals surface area contributed by atoms with Gasteiger partial charge in [-0.05, 0) is 61.4 Å². The zero-order chi connectivity index (χ0) is 34.6. The third kappa shape index (κ3) is 8.20. The van der Waals surface area contributed by atoms with Crippen LogP contribution >= 0.6 is 34.8 Å². The lowest BCUT2D eigenvalue weighted by molar-refractivity contribution is 0.0640. The molecule has 5 rings (SSSR count). The molecule has 0 spiro atoms. The second kappa shape index (κ2) is 15.0. The van der Waals surface area contributed by atoms with Gasteiger partial charge in [0.2, 0.25) is 10.0 Å². The number of aromatic nitrogens is 7. The lowest BCUT2D eigenvalue weighted by Crippen LogP contribution is -2.46. The summed E-state index contributed by atoms with van der Waals surface area (Å²) in [6.07, 6.45) is 6.25. The van der Waals surface area contributed by atoms with Gasteiger partial charge in [-0.15, -0.1) is 9.78 Å². The SMILES string of the molecule is CCN(C(=O)n1nnn(-c2ccccc2Cl)c1=O)C1CCCCC1.Cc1nn(-c2cc(NS(C)(=O)=O)c(Cl)cc2Cl)c(=O)n1C(F)F. The largest absolute Gasteiger partial charge is 0.377 e. The average molecular weight is 737 g/mol. The minimum absolute atomic E-state index is 0.0257. The van der Waals surface area contributed by atoms with E-state index >= 15 is 0 Å². The Kier molecular flexibility index (Phi) is 11.5. The molecule has 20 heteroatoms.